The summed E-state index contributed by atoms with van der Waals surface area (Å²) in [5.74, 6) is -0.562. The second-order valence-electron chi connectivity index (χ2n) is 8.41. The molecule has 2 aliphatic heterocycles. The fourth-order valence-corrected chi connectivity index (χ4v) is 5.47. The van der Waals surface area contributed by atoms with Crippen molar-refractivity contribution in [2.45, 2.75) is 44.3 Å². The maximum atomic E-state index is 13.5. The highest BCUT2D eigenvalue weighted by molar-refractivity contribution is 7.88. The van der Waals surface area contributed by atoms with Crippen LogP contribution in [0.5, 0.6) is 0 Å². The Labute approximate surface area is 195 Å². The van der Waals surface area contributed by atoms with Gasteiger partial charge in [-0.1, -0.05) is 12.5 Å². The Hall–Kier alpha value is -2.93. The summed E-state index contributed by atoms with van der Waals surface area (Å²) in [6, 6.07) is 4.83. The second-order valence-corrected chi connectivity index (χ2v) is 10.3. The van der Waals surface area contributed by atoms with Crippen molar-refractivity contribution in [3.05, 3.63) is 35.5 Å². The minimum Gasteiger partial charge on any atom is -0.369 e. The predicted molar refractivity (Wildman–Crippen MR) is 121 cm³/mol. The molecule has 1 saturated heterocycles. The van der Waals surface area contributed by atoms with E-state index in [4.69, 9.17) is 0 Å². The van der Waals surface area contributed by atoms with E-state index in [9.17, 15) is 26.4 Å². The lowest BCUT2D eigenvalue weighted by molar-refractivity contribution is -0.137. The largest absolute Gasteiger partial charge is 0.421 e. The van der Waals surface area contributed by atoms with Crippen LogP contribution in [-0.4, -0.2) is 54.0 Å². The number of nitrogens with zero attached hydrogens (tertiary/aromatic N) is 3. The van der Waals surface area contributed by atoms with Crippen molar-refractivity contribution in [2.24, 2.45) is 0 Å². The highest BCUT2D eigenvalue weighted by atomic mass is 32.2. The van der Waals surface area contributed by atoms with E-state index in [-0.39, 0.29) is 36.7 Å². The number of benzene rings is 1. The molecule has 1 aromatic carbocycles. The Bertz CT molecular complexity index is 1190. The van der Waals surface area contributed by atoms with Crippen LogP contribution < -0.4 is 16.0 Å². The number of carbonyl (C=O) groups is 1. The van der Waals surface area contributed by atoms with Crippen molar-refractivity contribution in [2.75, 3.05) is 35.3 Å². The van der Waals surface area contributed by atoms with Gasteiger partial charge in [0.1, 0.15) is 11.4 Å². The summed E-state index contributed by atoms with van der Waals surface area (Å²) in [6.07, 6.45) is 0.105. The fourth-order valence-electron chi connectivity index (χ4n) is 4.26. The normalized spacial score (nSPS) is 18.9. The van der Waals surface area contributed by atoms with Crippen LogP contribution in [0.15, 0.2) is 24.4 Å². The topological polar surface area (TPSA) is 116 Å². The Kier molecular flexibility index (Phi) is 6.67. The summed E-state index contributed by atoms with van der Waals surface area (Å²) >= 11 is 0. The van der Waals surface area contributed by atoms with Crippen molar-refractivity contribution in [1.82, 2.24) is 14.3 Å². The van der Waals surface area contributed by atoms with E-state index in [1.165, 1.54) is 4.31 Å². The summed E-state index contributed by atoms with van der Waals surface area (Å²) < 4.78 is 66.1. The number of sulfonamides is 1. The predicted octanol–water partition coefficient (Wildman–Crippen LogP) is 3.35. The second kappa shape index (κ2) is 9.37. The number of halogens is 3. The van der Waals surface area contributed by atoms with Gasteiger partial charge in [0.2, 0.25) is 21.9 Å². The molecule has 1 amide bonds. The van der Waals surface area contributed by atoms with E-state index >= 15 is 0 Å². The SMILES string of the molecule is CS(=O)(=O)N1CCCCC1CCNc1nc(Nc2ccc3c(c2)NC(=O)C3)ncc1C(F)(F)F. The number of carbonyl (C=O) groups excluding carboxylic acids is 1. The minimum absolute atomic E-state index is 0.0461. The summed E-state index contributed by atoms with van der Waals surface area (Å²) in [5, 5.41) is 8.30. The Morgan fingerprint density at radius 1 is 1.26 bits per heavy atom. The Morgan fingerprint density at radius 2 is 2.06 bits per heavy atom. The highest BCUT2D eigenvalue weighted by Crippen LogP contribution is 2.35. The lowest BCUT2D eigenvalue weighted by atomic mass is 10.0. The monoisotopic (exact) mass is 498 g/mol. The molecule has 0 spiro atoms. The zero-order chi connectivity index (χ0) is 24.5. The molecular formula is C21H25F3N6O3S. The molecule has 13 heteroatoms. The quantitative estimate of drug-likeness (QED) is 0.536. The molecule has 1 atom stereocenters. The molecule has 0 radical (unpaired) electrons. The molecule has 3 N–H and O–H groups in total. The third-order valence-electron chi connectivity index (χ3n) is 5.85. The first kappa shape index (κ1) is 24.2. The number of piperidine rings is 1. The van der Waals surface area contributed by atoms with Crippen LogP contribution in [-0.2, 0) is 27.4 Å². The first-order chi connectivity index (χ1) is 16.0. The van der Waals surface area contributed by atoms with Gasteiger partial charge in [-0.15, -0.1) is 0 Å². The van der Waals surface area contributed by atoms with Gasteiger partial charge < -0.3 is 16.0 Å². The number of aromatic nitrogens is 2. The van der Waals surface area contributed by atoms with Crippen LogP contribution in [0.2, 0.25) is 0 Å². The average molecular weight is 499 g/mol. The number of alkyl halides is 3. The molecule has 184 valence electrons. The van der Waals surface area contributed by atoms with Gasteiger partial charge in [0.25, 0.3) is 0 Å². The first-order valence-electron chi connectivity index (χ1n) is 10.9. The number of anilines is 4. The molecule has 4 rings (SSSR count). The van der Waals surface area contributed by atoms with E-state index in [0.29, 0.717) is 37.0 Å². The van der Waals surface area contributed by atoms with Crippen molar-refractivity contribution >= 4 is 39.1 Å². The molecule has 34 heavy (non-hydrogen) atoms. The van der Waals surface area contributed by atoms with Crippen molar-refractivity contribution in [1.29, 1.82) is 0 Å². The van der Waals surface area contributed by atoms with Gasteiger partial charge >= 0.3 is 6.18 Å². The maximum absolute atomic E-state index is 13.5. The van der Waals surface area contributed by atoms with E-state index in [1.807, 2.05) is 0 Å². The molecule has 0 bridgehead atoms. The van der Waals surface area contributed by atoms with Crippen LogP contribution >= 0.6 is 0 Å². The zero-order valence-corrected chi connectivity index (χ0v) is 19.3. The van der Waals surface area contributed by atoms with E-state index in [1.54, 1.807) is 18.2 Å². The molecule has 1 aromatic heterocycles. The summed E-state index contributed by atoms with van der Waals surface area (Å²) in [5.41, 5.74) is 0.959. The molecule has 0 aliphatic carbocycles. The Morgan fingerprint density at radius 3 is 2.79 bits per heavy atom. The molecule has 1 unspecified atom stereocenters. The molecule has 9 nitrogen and oxygen atoms in total. The summed E-state index contributed by atoms with van der Waals surface area (Å²) in [7, 11) is -3.39. The smallest absolute Gasteiger partial charge is 0.369 e. The lowest BCUT2D eigenvalue weighted by Crippen LogP contribution is -2.43. The van der Waals surface area contributed by atoms with Crippen LogP contribution in [0.4, 0.5) is 36.3 Å². The molecule has 1 fully saturated rings. The fraction of sp³-hybridized carbons (Fsp3) is 0.476. The van der Waals surface area contributed by atoms with Crippen molar-refractivity contribution < 1.29 is 26.4 Å². The minimum atomic E-state index is -4.66. The van der Waals surface area contributed by atoms with Gasteiger partial charge in [-0.3, -0.25) is 4.79 Å². The third kappa shape index (κ3) is 5.58. The Balaban J connectivity index is 1.49. The third-order valence-corrected chi connectivity index (χ3v) is 7.19. The summed E-state index contributed by atoms with van der Waals surface area (Å²) in [6.45, 7) is 0.529. The van der Waals surface area contributed by atoms with Crippen LogP contribution in [0.1, 0.15) is 36.8 Å². The van der Waals surface area contributed by atoms with Gasteiger partial charge in [0.15, 0.2) is 0 Å². The van der Waals surface area contributed by atoms with Crippen LogP contribution in [0, 0.1) is 0 Å². The van der Waals surface area contributed by atoms with Gasteiger partial charge in [0.05, 0.1) is 12.7 Å². The van der Waals surface area contributed by atoms with E-state index < -0.39 is 21.8 Å². The lowest BCUT2D eigenvalue weighted by Gasteiger charge is -2.33. The van der Waals surface area contributed by atoms with E-state index in [2.05, 4.69) is 25.9 Å². The summed E-state index contributed by atoms with van der Waals surface area (Å²) in [4.78, 5) is 19.3. The van der Waals surface area contributed by atoms with Gasteiger partial charge in [-0.05, 0) is 37.0 Å². The van der Waals surface area contributed by atoms with Crippen molar-refractivity contribution in [3.63, 3.8) is 0 Å². The number of amides is 1. The number of hydrogen-bond acceptors (Lipinski definition) is 7. The molecule has 0 saturated carbocycles. The average Bonchev–Trinajstić information content (AvgIpc) is 3.12. The van der Waals surface area contributed by atoms with Gasteiger partial charge in [-0.2, -0.15) is 22.5 Å². The molecular weight excluding hydrogens is 473 g/mol. The molecule has 2 aliphatic rings. The standard InChI is InChI=1S/C21H25F3N6O3S/c1-34(32,33)30-9-3-2-4-15(30)7-8-25-19-16(21(22,23)24)12-26-20(29-19)27-14-6-5-13-10-18(31)28-17(13)11-14/h5-6,11-12,15H,2-4,7-10H2,1H3,(H,28,31)(H2,25,26,27,29). The highest BCUT2D eigenvalue weighted by Gasteiger charge is 2.35. The van der Waals surface area contributed by atoms with Gasteiger partial charge in [-0.25, -0.2) is 13.4 Å². The van der Waals surface area contributed by atoms with Crippen LogP contribution in [0.25, 0.3) is 0 Å². The number of nitrogens with one attached hydrogen (secondary N) is 3. The van der Waals surface area contributed by atoms with Crippen LogP contribution in [0.3, 0.4) is 0 Å². The van der Waals surface area contributed by atoms with Crippen molar-refractivity contribution in [3.8, 4) is 0 Å². The van der Waals surface area contributed by atoms with E-state index in [0.717, 1.165) is 24.7 Å². The number of rotatable bonds is 7. The zero-order valence-electron chi connectivity index (χ0n) is 18.4. The maximum Gasteiger partial charge on any atom is 0.421 e. The molecule has 3 heterocycles. The molecule has 2 aromatic rings. The number of hydrogen-bond donors (Lipinski definition) is 3. The first-order valence-corrected chi connectivity index (χ1v) is 12.7. The van der Waals surface area contributed by atoms with Gasteiger partial charge in [0, 0.05) is 36.7 Å². The number of fused-ring (bicyclic) bond motifs is 1.